The lowest BCUT2D eigenvalue weighted by molar-refractivity contribution is 0.377. The fraction of sp³-hybridized carbons (Fsp3) is 0.875. The van der Waals surface area contributed by atoms with Crippen molar-refractivity contribution >= 4 is 17.7 Å². The summed E-state index contributed by atoms with van der Waals surface area (Å²) < 4.78 is 0.297. The highest BCUT2D eigenvalue weighted by atomic mass is 32.2. The molecule has 0 bridgehead atoms. The van der Waals surface area contributed by atoms with E-state index in [0.717, 1.165) is 24.8 Å². The van der Waals surface area contributed by atoms with Gasteiger partial charge in [0, 0.05) is 30.6 Å². The molecule has 0 atom stereocenters. The van der Waals surface area contributed by atoms with E-state index >= 15 is 0 Å². The molecule has 4 nitrogen and oxygen atoms in total. The molecular formula is C8H18N4S. The van der Waals surface area contributed by atoms with E-state index in [1.807, 2.05) is 11.8 Å². The number of nitrogens with two attached hydrogens (primary N) is 1. The van der Waals surface area contributed by atoms with E-state index in [2.05, 4.69) is 29.2 Å². The molecule has 1 heterocycles. The molecule has 1 aliphatic rings. The SMILES string of the molecule is CN=C(NN)N1CCSC(C)(C)C1. The monoisotopic (exact) mass is 202 g/mol. The van der Waals surface area contributed by atoms with Gasteiger partial charge in [-0.15, -0.1) is 0 Å². The van der Waals surface area contributed by atoms with Gasteiger partial charge < -0.3 is 4.90 Å². The van der Waals surface area contributed by atoms with Crippen molar-refractivity contribution < 1.29 is 0 Å². The van der Waals surface area contributed by atoms with Crippen molar-refractivity contribution in [1.29, 1.82) is 0 Å². The Hall–Kier alpha value is -0.420. The molecule has 0 amide bonds. The van der Waals surface area contributed by atoms with Crippen LogP contribution in [-0.2, 0) is 0 Å². The van der Waals surface area contributed by atoms with Crippen LogP contribution in [0.4, 0.5) is 0 Å². The molecule has 3 N–H and O–H groups in total. The maximum absolute atomic E-state index is 5.37. The Morgan fingerprint density at radius 2 is 2.31 bits per heavy atom. The van der Waals surface area contributed by atoms with E-state index in [1.165, 1.54) is 0 Å². The predicted octanol–water partition coefficient (Wildman–Crippen LogP) is 0.263. The molecule has 0 aromatic rings. The first-order chi connectivity index (χ1) is 6.09. The number of hydrogen-bond donors (Lipinski definition) is 2. The second-order valence-corrected chi connectivity index (χ2v) is 5.52. The highest BCUT2D eigenvalue weighted by molar-refractivity contribution is 8.00. The summed E-state index contributed by atoms with van der Waals surface area (Å²) in [6.45, 7) is 6.50. The summed E-state index contributed by atoms with van der Waals surface area (Å²) in [7, 11) is 1.75. The second kappa shape index (κ2) is 4.19. The average Bonchev–Trinajstić information content (AvgIpc) is 2.05. The normalized spacial score (nSPS) is 23.1. The van der Waals surface area contributed by atoms with E-state index < -0.39 is 0 Å². The van der Waals surface area contributed by atoms with E-state index in [9.17, 15) is 0 Å². The first-order valence-electron chi connectivity index (χ1n) is 4.41. The summed E-state index contributed by atoms with van der Waals surface area (Å²) in [6.07, 6.45) is 0. The number of thioether (sulfide) groups is 1. The molecule has 1 rings (SSSR count). The molecule has 1 fully saturated rings. The van der Waals surface area contributed by atoms with Crippen molar-refractivity contribution in [2.75, 3.05) is 25.9 Å². The van der Waals surface area contributed by atoms with Crippen LogP contribution in [-0.4, -0.2) is 41.5 Å². The predicted molar refractivity (Wildman–Crippen MR) is 58.8 cm³/mol. The maximum atomic E-state index is 5.37. The lowest BCUT2D eigenvalue weighted by atomic mass is 10.2. The maximum Gasteiger partial charge on any atom is 0.208 e. The fourth-order valence-corrected chi connectivity index (χ4v) is 2.61. The summed E-state index contributed by atoms with van der Waals surface area (Å²) in [6, 6.07) is 0. The first-order valence-corrected chi connectivity index (χ1v) is 5.40. The molecule has 76 valence electrons. The number of rotatable bonds is 0. The van der Waals surface area contributed by atoms with Gasteiger partial charge in [0.05, 0.1) is 0 Å². The largest absolute Gasteiger partial charge is 0.340 e. The molecule has 0 unspecified atom stereocenters. The van der Waals surface area contributed by atoms with Crippen LogP contribution in [0, 0.1) is 0 Å². The summed E-state index contributed by atoms with van der Waals surface area (Å²) in [4.78, 5) is 6.28. The van der Waals surface area contributed by atoms with Crippen LogP contribution < -0.4 is 11.3 Å². The number of nitrogens with zero attached hydrogens (tertiary/aromatic N) is 2. The molecule has 1 saturated heterocycles. The van der Waals surface area contributed by atoms with Gasteiger partial charge in [-0.3, -0.25) is 10.4 Å². The summed E-state index contributed by atoms with van der Waals surface area (Å²) in [5.74, 6) is 7.29. The van der Waals surface area contributed by atoms with Gasteiger partial charge in [-0.1, -0.05) is 0 Å². The molecule has 13 heavy (non-hydrogen) atoms. The third-order valence-corrected chi connectivity index (χ3v) is 3.36. The Balaban J connectivity index is 2.61. The smallest absolute Gasteiger partial charge is 0.208 e. The van der Waals surface area contributed by atoms with Crippen molar-refractivity contribution in [3.63, 3.8) is 0 Å². The van der Waals surface area contributed by atoms with Crippen LogP contribution in [0.3, 0.4) is 0 Å². The standard InChI is InChI=1S/C8H18N4S/c1-8(2)6-12(4-5-13-8)7(10-3)11-9/h4-6,9H2,1-3H3,(H,10,11). The van der Waals surface area contributed by atoms with Crippen LogP contribution in [0.5, 0.6) is 0 Å². The van der Waals surface area contributed by atoms with Gasteiger partial charge in [0.25, 0.3) is 0 Å². The number of hydrogen-bond acceptors (Lipinski definition) is 3. The first kappa shape index (κ1) is 10.7. The topological polar surface area (TPSA) is 53.6 Å². The lowest BCUT2D eigenvalue weighted by Crippen LogP contribution is -2.52. The number of hydrazine groups is 1. The van der Waals surface area contributed by atoms with Crippen LogP contribution in [0.25, 0.3) is 0 Å². The van der Waals surface area contributed by atoms with Crippen molar-refractivity contribution in [3.05, 3.63) is 0 Å². The van der Waals surface area contributed by atoms with E-state index in [-0.39, 0.29) is 0 Å². The Morgan fingerprint density at radius 1 is 1.62 bits per heavy atom. The number of guanidine groups is 1. The molecule has 5 heteroatoms. The molecule has 0 aromatic heterocycles. The molecule has 0 spiro atoms. The Bertz CT molecular complexity index is 202. The minimum Gasteiger partial charge on any atom is -0.340 e. The van der Waals surface area contributed by atoms with Crippen LogP contribution in [0.2, 0.25) is 0 Å². The van der Waals surface area contributed by atoms with Gasteiger partial charge in [0.2, 0.25) is 5.96 Å². The minimum absolute atomic E-state index is 0.297. The van der Waals surface area contributed by atoms with Crippen molar-refractivity contribution in [3.8, 4) is 0 Å². The zero-order chi connectivity index (χ0) is 9.90. The van der Waals surface area contributed by atoms with Gasteiger partial charge >= 0.3 is 0 Å². The molecule has 0 radical (unpaired) electrons. The fourth-order valence-electron chi connectivity index (χ4n) is 1.49. The quantitative estimate of drug-likeness (QED) is 0.256. The average molecular weight is 202 g/mol. The van der Waals surface area contributed by atoms with Gasteiger partial charge in [-0.2, -0.15) is 11.8 Å². The van der Waals surface area contributed by atoms with Gasteiger partial charge in [-0.05, 0) is 13.8 Å². The van der Waals surface area contributed by atoms with Gasteiger partial charge in [0.1, 0.15) is 0 Å². The highest BCUT2D eigenvalue weighted by Crippen LogP contribution is 2.29. The lowest BCUT2D eigenvalue weighted by Gasteiger charge is -2.38. The van der Waals surface area contributed by atoms with E-state index in [4.69, 9.17) is 5.84 Å². The Kier molecular flexibility index (Phi) is 3.44. The highest BCUT2D eigenvalue weighted by Gasteiger charge is 2.28. The van der Waals surface area contributed by atoms with Crippen molar-refractivity contribution in [1.82, 2.24) is 10.3 Å². The summed E-state index contributed by atoms with van der Waals surface area (Å²) >= 11 is 2.00. The molecule has 0 aliphatic carbocycles. The molecule has 0 saturated carbocycles. The third kappa shape index (κ3) is 2.77. The van der Waals surface area contributed by atoms with Crippen LogP contribution in [0.1, 0.15) is 13.8 Å². The van der Waals surface area contributed by atoms with Gasteiger partial charge in [0.15, 0.2) is 0 Å². The van der Waals surface area contributed by atoms with Gasteiger partial charge in [-0.25, -0.2) is 5.84 Å². The van der Waals surface area contributed by atoms with E-state index in [1.54, 1.807) is 7.05 Å². The minimum atomic E-state index is 0.297. The zero-order valence-electron chi connectivity index (χ0n) is 8.50. The third-order valence-electron chi connectivity index (χ3n) is 2.07. The Labute approximate surface area is 83.9 Å². The molecule has 0 aromatic carbocycles. The Morgan fingerprint density at radius 3 is 2.77 bits per heavy atom. The van der Waals surface area contributed by atoms with E-state index in [0.29, 0.717) is 4.75 Å². The number of aliphatic imine (C=N–C) groups is 1. The molecular weight excluding hydrogens is 184 g/mol. The van der Waals surface area contributed by atoms with Crippen LogP contribution in [0.15, 0.2) is 4.99 Å². The van der Waals surface area contributed by atoms with Crippen molar-refractivity contribution in [2.24, 2.45) is 10.8 Å². The number of nitrogens with one attached hydrogen (secondary N) is 1. The summed E-state index contributed by atoms with van der Waals surface area (Å²) in [5.41, 5.74) is 2.63. The second-order valence-electron chi connectivity index (χ2n) is 3.72. The van der Waals surface area contributed by atoms with Crippen LogP contribution >= 0.6 is 11.8 Å². The summed E-state index contributed by atoms with van der Waals surface area (Å²) in [5, 5.41) is 0. The van der Waals surface area contributed by atoms with Crippen molar-refractivity contribution in [2.45, 2.75) is 18.6 Å². The zero-order valence-corrected chi connectivity index (χ0v) is 9.32. The molecule has 1 aliphatic heterocycles.